The van der Waals surface area contributed by atoms with Gasteiger partial charge in [0.1, 0.15) is 4.47 Å². The van der Waals surface area contributed by atoms with Crippen molar-refractivity contribution in [3.8, 4) is 11.1 Å². The molecule has 0 unspecified atom stereocenters. The summed E-state index contributed by atoms with van der Waals surface area (Å²) in [5.41, 5.74) is 0.00766. The minimum Gasteiger partial charge on any atom is -0.258 e. The summed E-state index contributed by atoms with van der Waals surface area (Å²) >= 11 is 6.32. The fourth-order valence-corrected chi connectivity index (χ4v) is 2.61. The lowest BCUT2D eigenvalue weighted by Gasteiger charge is -2.07. The van der Waals surface area contributed by atoms with Gasteiger partial charge in [-0.3, -0.25) is 20.2 Å². The van der Waals surface area contributed by atoms with Crippen molar-refractivity contribution >= 4 is 43.2 Å². The van der Waals surface area contributed by atoms with Crippen LogP contribution in [0.5, 0.6) is 0 Å². The number of nitro groups is 2. The van der Waals surface area contributed by atoms with E-state index in [0.29, 0.717) is 4.47 Å². The third-order valence-corrected chi connectivity index (χ3v) is 4.64. The van der Waals surface area contributed by atoms with Gasteiger partial charge in [0.05, 0.1) is 21.0 Å². The number of benzene rings is 2. The van der Waals surface area contributed by atoms with Crippen LogP contribution < -0.4 is 0 Å². The molecule has 0 amide bonds. The number of hydrogen-bond acceptors (Lipinski definition) is 4. The molecule has 0 aliphatic carbocycles. The fraction of sp³-hybridized carbons (Fsp3) is 0. The van der Waals surface area contributed by atoms with Gasteiger partial charge in [-0.15, -0.1) is 0 Å². The van der Waals surface area contributed by atoms with Crippen LogP contribution in [-0.4, -0.2) is 9.85 Å². The quantitative estimate of drug-likeness (QED) is 0.551. The summed E-state index contributed by atoms with van der Waals surface area (Å²) < 4.78 is 0.754. The molecule has 0 radical (unpaired) electrons. The first kappa shape index (κ1) is 14.6. The molecule has 0 saturated heterocycles. The van der Waals surface area contributed by atoms with Crippen LogP contribution in [0.1, 0.15) is 0 Å². The van der Waals surface area contributed by atoms with Gasteiger partial charge in [0.15, 0.2) is 0 Å². The van der Waals surface area contributed by atoms with E-state index < -0.39 is 9.85 Å². The summed E-state index contributed by atoms with van der Waals surface area (Å²) in [6.45, 7) is 0. The van der Waals surface area contributed by atoms with Crippen molar-refractivity contribution in [3.05, 3.63) is 65.6 Å². The summed E-state index contributed by atoms with van der Waals surface area (Å²) in [5.74, 6) is 0. The number of nitrogens with zero attached hydrogens (tertiary/aromatic N) is 2. The Morgan fingerprint density at radius 1 is 0.850 bits per heavy atom. The molecule has 0 spiro atoms. The molecular formula is C12H6Br2N2O4. The van der Waals surface area contributed by atoms with Crippen LogP contribution in [0.4, 0.5) is 11.4 Å². The van der Waals surface area contributed by atoms with E-state index in [0.717, 1.165) is 0 Å². The van der Waals surface area contributed by atoms with Crippen LogP contribution in [0, 0.1) is 20.2 Å². The van der Waals surface area contributed by atoms with Gasteiger partial charge in [-0.2, -0.15) is 0 Å². The molecule has 0 atom stereocenters. The SMILES string of the molecule is O=[N+]([O-])c1ccccc1-c1ccc(Br)c(Br)c1[N+](=O)[O-]. The van der Waals surface area contributed by atoms with Crippen molar-refractivity contribution < 1.29 is 9.85 Å². The lowest BCUT2D eigenvalue weighted by molar-refractivity contribution is -0.386. The molecule has 0 saturated carbocycles. The van der Waals surface area contributed by atoms with E-state index in [1.807, 2.05) is 0 Å². The number of para-hydroxylation sites is 1. The van der Waals surface area contributed by atoms with Crippen LogP contribution in [0.25, 0.3) is 11.1 Å². The average Bonchev–Trinajstić information content (AvgIpc) is 2.41. The topological polar surface area (TPSA) is 86.3 Å². The van der Waals surface area contributed by atoms with Crippen LogP contribution in [0.15, 0.2) is 45.3 Å². The highest BCUT2D eigenvalue weighted by Crippen LogP contribution is 2.42. The molecule has 0 fully saturated rings. The Bertz CT molecular complexity index is 719. The lowest BCUT2D eigenvalue weighted by Crippen LogP contribution is -1.97. The molecule has 0 aliphatic rings. The second-order valence-corrected chi connectivity index (χ2v) is 5.44. The summed E-state index contributed by atoms with van der Waals surface area (Å²) in [7, 11) is 0. The fourth-order valence-electron chi connectivity index (χ4n) is 1.80. The van der Waals surface area contributed by atoms with E-state index >= 15 is 0 Å². The van der Waals surface area contributed by atoms with Gasteiger partial charge in [0, 0.05) is 10.5 Å². The molecule has 2 rings (SSSR count). The zero-order chi connectivity index (χ0) is 14.9. The highest BCUT2D eigenvalue weighted by molar-refractivity contribution is 9.13. The molecule has 0 N–H and O–H groups in total. The first-order valence-corrected chi connectivity index (χ1v) is 6.88. The minimum atomic E-state index is -0.569. The van der Waals surface area contributed by atoms with Gasteiger partial charge >= 0.3 is 0 Å². The molecule has 0 aliphatic heterocycles. The predicted molar refractivity (Wildman–Crippen MR) is 80.6 cm³/mol. The monoisotopic (exact) mass is 400 g/mol. The smallest absolute Gasteiger partial charge is 0.258 e. The zero-order valence-corrected chi connectivity index (χ0v) is 12.9. The molecule has 0 bridgehead atoms. The Hall–Kier alpha value is -1.80. The standard InChI is InChI=1S/C12H6Br2N2O4/c13-9-6-5-8(12(11(9)14)16(19)20)7-3-1-2-4-10(7)15(17)18/h1-6H. The van der Waals surface area contributed by atoms with Crippen LogP contribution in [0.3, 0.4) is 0 Å². The summed E-state index contributed by atoms with van der Waals surface area (Å²) in [4.78, 5) is 21.1. The van der Waals surface area contributed by atoms with Gasteiger partial charge in [0.25, 0.3) is 11.4 Å². The Morgan fingerprint density at radius 2 is 1.50 bits per heavy atom. The number of nitro benzene ring substituents is 2. The van der Waals surface area contributed by atoms with Crippen molar-refractivity contribution in [2.75, 3.05) is 0 Å². The normalized spacial score (nSPS) is 10.3. The maximum atomic E-state index is 11.2. The van der Waals surface area contributed by atoms with Crippen molar-refractivity contribution in [3.63, 3.8) is 0 Å². The van der Waals surface area contributed by atoms with Crippen LogP contribution in [0.2, 0.25) is 0 Å². The van der Waals surface area contributed by atoms with Crippen LogP contribution in [-0.2, 0) is 0 Å². The first-order chi connectivity index (χ1) is 9.43. The maximum absolute atomic E-state index is 11.2. The first-order valence-electron chi connectivity index (χ1n) is 5.29. The van der Waals surface area contributed by atoms with E-state index in [1.165, 1.54) is 24.3 Å². The van der Waals surface area contributed by atoms with Crippen molar-refractivity contribution in [1.82, 2.24) is 0 Å². The van der Waals surface area contributed by atoms with E-state index in [4.69, 9.17) is 0 Å². The van der Waals surface area contributed by atoms with Crippen molar-refractivity contribution in [1.29, 1.82) is 0 Å². The van der Waals surface area contributed by atoms with E-state index in [2.05, 4.69) is 31.9 Å². The predicted octanol–water partition coefficient (Wildman–Crippen LogP) is 4.70. The summed E-state index contributed by atoms with van der Waals surface area (Å²) in [6, 6.07) is 9.00. The summed E-state index contributed by atoms with van der Waals surface area (Å²) in [6.07, 6.45) is 0. The van der Waals surface area contributed by atoms with Crippen molar-refractivity contribution in [2.45, 2.75) is 0 Å². The molecule has 20 heavy (non-hydrogen) atoms. The highest BCUT2D eigenvalue weighted by atomic mass is 79.9. The van der Waals surface area contributed by atoms with Gasteiger partial charge in [-0.25, -0.2) is 0 Å². The minimum absolute atomic E-state index is 0.176. The van der Waals surface area contributed by atoms with Gasteiger partial charge in [0.2, 0.25) is 0 Å². The number of hydrogen-bond donors (Lipinski definition) is 0. The Morgan fingerprint density at radius 3 is 2.10 bits per heavy atom. The molecule has 0 heterocycles. The van der Waals surface area contributed by atoms with Gasteiger partial charge in [-0.1, -0.05) is 12.1 Å². The molecule has 8 heteroatoms. The third-order valence-electron chi connectivity index (χ3n) is 2.64. The van der Waals surface area contributed by atoms with E-state index in [1.54, 1.807) is 12.1 Å². The Labute approximate surface area is 130 Å². The average molecular weight is 402 g/mol. The molecule has 102 valence electrons. The van der Waals surface area contributed by atoms with Gasteiger partial charge < -0.3 is 0 Å². The largest absolute Gasteiger partial charge is 0.292 e. The Kier molecular flexibility index (Phi) is 4.15. The van der Waals surface area contributed by atoms with Crippen molar-refractivity contribution in [2.24, 2.45) is 0 Å². The maximum Gasteiger partial charge on any atom is 0.292 e. The Balaban J connectivity index is 2.81. The van der Waals surface area contributed by atoms with E-state index in [-0.39, 0.29) is 27.0 Å². The summed E-state index contributed by atoms with van der Waals surface area (Å²) in [5, 5.41) is 22.3. The molecule has 2 aromatic rings. The molecule has 0 aromatic heterocycles. The zero-order valence-electron chi connectivity index (χ0n) is 9.75. The molecule has 2 aromatic carbocycles. The molecule has 6 nitrogen and oxygen atoms in total. The lowest BCUT2D eigenvalue weighted by atomic mass is 10.0. The second kappa shape index (κ2) is 5.68. The third kappa shape index (κ3) is 2.56. The second-order valence-electron chi connectivity index (χ2n) is 3.79. The van der Waals surface area contributed by atoms with E-state index in [9.17, 15) is 20.2 Å². The highest BCUT2D eigenvalue weighted by Gasteiger charge is 2.26. The number of rotatable bonds is 3. The van der Waals surface area contributed by atoms with Gasteiger partial charge in [-0.05, 0) is 50.1 Å². The number of halogens is 2. The van der Waals surface area contributed by atoms with Crippen LogP contribution >= 0.6 is 31.9 Å². The molecular weight excluding hydrogens is 396 g/mol.